The maximum Gasteiger partial charge on any atom is 0.302 e. The first-order valence-electron chi connectivity index (χ1n) is 8.23. The fourth-order valence-corrected chi connectivity index (χ4v) is 3.40. The van der Waals surface area contributed by atoms with Gasteiger partial charge in [0.05, 0.1) is 33.4 Å². The standard InChI is InChI=1S/C19H17Cl2N3O3/c1-11-22-18-15(23-19(26)17-13(20)5-3-6-14(17)21)7-4-8-16(18)24(11)9-10-27-12(2)25/h3-8H,9-10H2,1-2H3,(H,23,26). The molecule has 0 spiro atoms. The van der Waals surface area contributed by atoms with Crippen molar-refractivity contribution in [2.24, 2.45) is 0 Å². The van der Waals surface area contributed by atoms with Gasteiger partial charge in [-0.1, -0.05) is 35.3 Å². The average Bonchev–Trinajstić information content (AvgIpc) is 2.91. The summed E-state index contributed by atoms with van der Waals surface area (Å²) in [6.45, 7) is 3.93. The SMILES string of the molecule is CC(=O)OCCn1c(C)nc2c(NC(=O)c3c(Cl)cccc3Cl)cccc21. The van der Waals surface area contributed by atoms with E-state index >= 15 is 0 Å². The highest BCUT2D eigenvalue weighted by atomic mass is 35.5. The van der Waals surface area contributed by atoms with Crippen LogP contribution in [-0.2, 0) is 16.1 Å². The van der Waals surface area contributed by atoms with Crippen molar-refractivity contribution in [3.63, 3.8) is 0 Å². The number of carbonyl (C=O) groups excluding carboxylic acids is 2. The summed E-state index contributed by atoms with van der Waals surface area (Å²) in [6.07, 6.45) is 0. The molecule has 0 fully saturated rings. The van der Waals surface area contributed by atoms with Crippen molar-refractivity contribution < 1.29 is 14.3 Å². The van der Waals surface area contributed by atoms with Gasteiger partial charge in [0.1, 0.15) is 17.9 Å². The van der Waals surface area contributed by atoms with Crippen LogP contribution in [0.4, 0.5) is 5.69 Å². The Labute approximate surface area is 166 Å². The van der Waals surface area contributed by atoms with Gasteiger partial charge in [-0.05, 0) is 31.2 Å². The van der Waals surface area contributed by atoms with Gasteiger partial charge >= 0.3 is 5.97 Å². The lowest BCUT2D eigenvalue weighted by molar-refractivity contribution is -0.141. The van der Waals surface area contributed by atoms with Crippen molar-refractivity contribution in [1.82, 2.24) is 9.55 Å². The van der Waals surface area contributed by atoms with Crippen molar-refractivity contribution in [3.05, 3.63) is 57.8 Å². The number of rotatable bonds is 5. The highest BCUT2D eigenvalue weighted by molar-refractivity contribution is 6.40. The molecule has 0 aliphatic heterocycles. The van der Waals surface area contributed by atoms with E-state index in [4.69, 9.17) is 27.9 Å². The monoisotopic (exact) mass is 405 g/mol. The fourth-order valence-electron chi connectivity index (χ4n) is 2.83. The highest BCUT2D eigenvalue weighted by Gasteiger charge is 2.17. The number of nitrogens with one attached hydrogen (secondary N) is 1. The second-order valence-corrected chi connectivity index (χ2v) is 6.69. The molecule has 27 heavy (non-hydrogen) atoms. The van der Waals surface area contributed by atoms with Gasteiger partial charge in [0.25, 0.3) is 5.91 Å². The van der Waals surface area contributed by atoms with Crippen LogP contribution in [-0.4, -0.2) is 28.0 Å². The van der Waals surface area contributed by atoms with Gasteiger partial charge in [-0.15, -0.1) is 0 Å². The van der Waals surface area contributed by atoms with E-state index in [0.717, 1.165) is 11.3 Å². The van der Waals surface area contributed by atoms with Gasteiger partial charge in [0.15, 0.2) is 0 Å². The zero-order chi connectivity index (χ0) is 19.6. The molecule has 0 saturated carbocycles. The average molecular weight is 406 g/mol. The number of benzene rings is 2. The van der Waals surface area contributed by atoms with Crippen LogP contribution < -0.4 is 5.32 Å². The van der Waals surface area contributed by atoms with Crippen LogP contribution in [0.2, 0.25) is 10.0 Å². The van der Waals surface area contributed by atoms with Crippen LogP contribution in [0.5, 0.6) is 0 Å². The molecule has 0 unspecified atom stereocenters. The Hall–Kier alpha value is -2.57. The summed E-state index contributed by atoms with van der Waals surface area (Å²) >= 11 is 12.2. The lowest BCUT2D eigenvalue weighted by Gasteiger charge is -2.10. The van der Waals surface area contributed by atoms with Gasteiger partial charge in [-0.25, -0.2) is 4.98 Å². The molecule has 6 nitrogen and oxygen atoms in total. The van der Waals surface area contributed by atoms with E-state index in [1.165, 1.54) is 6.92 Å². The van der Waals surface area contributed by atoms with Crippen molar-refractivity contribution in [3.8, 4) is 0 Å². The Morgan fingerprint density at radius 3 is 2.48 bits per heavy atom. The number of aryl methyl sites for hydroxylation is 1. The molecule has 1 aromatic heterocycles. The Morgan fingerprint density at radius 1 is 1.15 bits per heavy atom. The first-order chi connectivity index (χ1) is 12.9. The van der Waals surface area contributed by atoms with E-state index in [1.54, 1.807) is 24.3 Å². The third-order valence-electron chi connectivity index (χ3n) is 4.03. The van der Waals surface area contributed by atoms with E-state index in [1.807, 2.05) is 23.6 Å². The molecule has 0 aliphatic carbocycles. The van der Waals surface area contributed by atoms with Crippen LogP contribution in [0.25, 0.3) is 11.0 Å². The third kappa shape index (κ3) is 4.07. The van der Waals surface area contributed by atoms with E-state index in [2.05, 4.69) is 10.3 Å². The second kappa shape index (κ2) is 7.98. The minimum absolute atomic E-state index is 0.212. The number of esters is 1. The summed E-state index contributed by atoms with van der Waals surface area (Å²) in [5, 5.41) is 3.38. The van der Waals surface area contributed by atoms with Crippen LogP contribution in [0.3, 0.4) is 0 Å². The molecule has 0 aliphatic rings. The lowest BCUT2D eigenvalue weighted by Crippen LogP contribution is -2.13. The predicted octanol–water partition coefficient (Wildman–Crippen LogP) is 4.47. The van der Waals surface area contributed by atoms with Gasteiger partial charge in [-0.2, -0.15) is 0 Å². The first-order valence-corrected chi connectivity index (χ1v) is 8.98. The number of carbonyl (C=O) groups is 2. The summed E-state index contributed by atoms with van der Waals surface area (Å²) in [5.41, 5.74) is 2.21. The molecule has 0 radical (unpaired) electrons. The second-order valence-electron chi connectivity index (χ2n) is 5.87. The van der Waals surface area contributed by atoms with E-state index in [9.17, 15) is 9.59 Å². The number of imidazole rings is 1. The minimum atomic E-state index is -0.412. The van der Waals surface area contributed by atoms with E-state index in [0.29, 0.717) is 17.7 Å². The summed E-state index contributed by atoms with van der Waals surface area (Å²) in [4.78, 5) is 28.2. The third-order valence-corrected chi connectivity index (χ3v) is 4.66. The van der Waals surface area contributed by atoms with Crippen molar-refractivity contribution in [2.45, 2.75) is 20.4 Å². The Kier molecular flexibility index (Phi) is 5.68. The molecule has 3 rings (SSSR count). The van der Waals surface area contributed by atoms with E-state index < -0.39 is 5.91 Å². The maximum atomic E-state index is 12.7. The zero-order valence-corrected chi connectivity index (χ0v) is 16.3. The molecule has 0 saturated heterocycles. The van der Waals surface area contributed by atoms with Gasteiger partial charge in [0, 0.05) is 6.92 Å². The number of para-hydroxylation sites is 1. The Bertz CT molecular complexity index is 1010. The van der Waals surface area contributed by atoms with Crippen LogP contribution in [0.1, 0.15) is 23.1 Å². The minimum Gasteiger partial charge on any atom is -0.464 e. The number of fused-ring (bicyclic) bond motifs is 1. The molecule has 1 N–H and O–H groups in total. The Morgan fingerprint density at radius 2 is 1.81 bits per heavy atom. The molecule has 2 aromatic carbocycles. The fraction of sp³-hybridized carbons (Fsp3) is 0.211. The van der Waals surface area contributed by atoms with Crippen molar-refractivity contribution in [1.29, 1.82) is 0 Å². The lowest BCUT2D eigenvalue weighted by atomic mass is 10.2. The number of halogens is 2. The van der Waals surface area contributed by atoms with E-state index in [-0.39, 0.29) is 28.2 Å². The molecule has 3 aromatic rings. The van der Waals surface area contributed by atoms with Gasteiger partial charge in [0.2, 0.25) is 0 Å². The largest absolute Gasteiger partial charge is 0.464 e. The van der Waals surface area contributed by atoms with Crippen LogP contribution in [0.15, 0.2) is 36.4 Å². The smallest absolute Gasteiger partial charge is 0.302 e. The maximum absolute atomic E-state index is 12.7. The predicted molar refractivity (Wildman–Crippen MR) is 106 cm³/mol. The van der Waals surface area contributed by atoms with Crippen LogP contribution >= 0.6 is 23.2 Å². The zero-order valence-electron chi connectivity index (χ0n) is 14.8. The molecule has 8 heteroatoms. The number of aromatic nitrogens is 2. The summed E-state index contributed by atoms with van der Waals surface area (Å²) < 4.78 is 6.94. The molecule has 0 atom stereocenters. The molecular formula is C19H17Cl2N3O3. The topological polar surface area (TPSA) is 73.2 Å². The number of nitrogens with zero attached hydrogens (tertiary/aromatic N) is 2. The molecule has 1 heterocycles. The quantitative estimate of drug-likeness (QED) is 0.635. The molecule has 0 bridgehead atoms. The number of amides is 1. The summed E-state index contributed by atoms with van der Waals surface area (Å²) in [6, 6.07) is 10.4. The van der Waals surface area contributed by atoms with Gasteiger partial charge < -0.3 is 14.6 Å². The summed E-state index contributed by atoms with van der Waals surface area (Å²) in [5.74, 6) is 0.00138. The van der Waals surface area contributed by atoms with Gasteiger partial charge in [-0.3, -0.25) is 9.59 Å². The number of ether oxygens (including phenoxy) is 1. The normalized spacial score (nSPS) is 10.8. The number of hydrogen-bond donors (Lipinski definition) is 1. The van der Waals surface area contributed by atoms with Crippen molar-refractivity contribution in [2.75, 3.05) is 11.9 Å². The number of hydrogen-bond acceptors (Lipinski definition) is 4. The van der Waals surface area contributed by atoms with Crippen molar-refractivity contribution >= 4 is 51.8 Å². The molecule has 140 valence electrons. The van der Waals surface area contributed by atoms with Crippen LogP contribution in [0, 0.1) is 6.92 Å². The molecular weight excluding hydrogens is 389 g/mol. The Balaban J connectivity index is 1.92. The first kappa shape index (κ1) is 19.2. The highest BCUT2D eigenvalue weighted by Crippen LogP contribution is 2.28. The number of anilines is 1. The summed E-state index contributed by atoms with van der Waals surface area (Å²) in [7, 11) is 0. The molecule has 1 amide bonds.